The number of hydrogen-bond donors (Lipinski definition) is 1. The van der Waals surface area contributed by atoms with Crippen molar-refractivity contribution in [3.63, 3.8) is 0 Å². The van der Waals surface area contributed by atoms with Gasteiger partial charge >= 0.3 is 18.4 Å². The van der Waals surface area contributed by atoms with E-state index in [9.17, 15) is 31.2 Å². The topological polar surface area (TPSA) is 149 Å². The first kappa shape index (κ1) is 39.3. The highest BCUT2D eigenvalue weighted by atomic mass is 32.2. The fourth-order valence-corrected chi connectivity index (χ4v) is 6.35. The van der Waals surface area contributed by atoms with Crippen LogP contribution in [0.1, 0.15) is 53.9 Å². The molecule has 18 heteroatoms. The van der Waals surface area contributed by atoms with Crippen LogP contribution in [0.15, 0.2) is 57.9 Å². The summed E-state index contributed by atoms with van der Waals surface area (Å²) >= 11 is 0. The number of aromatic nitrogens is 3. The molecule has 1 aliphatic heterocycles. The van der Waals surface area contributed by atoms with Crippen LogP contribution in [0.2, 0.25) is 0 Å². The third kappa shape index (κ3) is 9.97. The van der Waals surface area contributed by atoms with Crippen molar-refractivity contribution in [2.45, 2.75) is 95.5 Å². The maximum Gasteiger partial charge on any atom is 0.415 e. The fourth-order valence-electron chi connectivity index (χ4n) is 5.71. The zero-order chi connectivity index (χ0) is 39.1. The number of nitrogens with one attached hydrogen (secondary N) is 1. The molecule has 0 aliphatic carbocycles. The van der Waals surface area contributed by atoms with E-state index in [2.05, 4.69) is 15.5 Å². The van der Waals surface area contributed by atoms with Gasteiger partial charge in [-0.05, 0) is 90.4 Å². The molecule has 13 nitrogen and oxygen atoms in total. The largest absolute Gasteiger partial charge is 0.444 e. The standard InChI is InChI=1S/C35H42F4N6O7S/c1-33(2,3)50-31(46)43-16-15-26(24(36)18-43)40-25-9-8-10-27-23(25)17-28(45(27)20-35(37,38)39)30-41-29(52-42-30)19-44(32(47)51-34(4,5)6)21-11-13-22(14-12-21)53(7,48)49/h8-14,17,24,26,40H,15-16,18-20H2,1-7H3/t24-,26+/m0/s1. The highest BCUT2D eigenvalue weighted by Crippen LogP contribution is 2.35. The van der Waals surface area contributed by atoms with Crippen molar-refractivity contribution in [3.8, 4) is 11.5 Å². The summed E-state index contributed by atoms with van der Waals surface area (Å²) in [4.78, 5) is 32.6. The summed E-state index contributed by atoms with van der Waals surface area (Å²) in [6.07, 6.45) is -6.35. The summed E-state index contributed by atoms with van der Waals surface area (Å²) in [6, 6.07) is 10.8. The number of amides is 2. The number of benzene rings is 2. The number of likely N-dealkylation sites (tertiary alicyclic amines) is 1. The maximum absolute atomic E-state index is 15.4. The molecule has 4 aromatic rings. The smallest absolute Gasteiger partial charge is 0.415 e. The van der Waals surface area contributed by atoms with Crippen LogP contribution >= 0.6 is 0 Å². The van der Waals surface area contributed by atoms with E-state index < -0.39 is 58.2 Å². The van der Waals surface area contributed by atoms with Crippen molar-refractivity contribution >= 4 is 44.3 Å². The van der Waals surface area contributed by atoms with Crippen molar-refractivity contribution in [3.05, 3.63) is 54.4 Å². The third-order valence-corrected chi connectivity index (χ3v) is 9.13. The second kappa shape index (κ2) is 14.5. The van der Waals surface area contributed by atoms with Gasteiger partial charge in [-0.25, -0.2) is 22.4 Å². The lowest BCUT2D eigenvalue weighted by molar-refractivity contribution is -0.139. The minimum atomic E-state index is -4.65. The Kier molecular flexibility index (Phi) is 10.8. The fraction of sp³-hybridized carbons (Fsp3) is 0.486. The number of anilines is 2. The Labute approximate surface area is 304 Å². The van der Waals surface area contributed by atoms with Crippen LogP contribution in [0.25, 0.3) is 22.4 Å². The minimum absolute atomic E-state index is 0.0186. The number of carbonyl (C=O) groups is 2. The summed E-state index contributed by atoms with van der Waals surface area (Å²) in [6.45, 7) is 8.31. The van der Waals surface area contributed by atoms with Crippen LogP contribution in [-0.4, -0.2) is 89.1 Å². The molecule has 2 aromatic heterocycles. The van der Waals surface area contributed by atoms with E-state index >= 15 is 4.39 Å². The predicted octanol–water partition coefficient (Wildman–Crippen LogP) is 7.36. The van der Waals surface area contributed by atoms with E-state index in [-0.39, 0.29) is 59.6 Å². The second-order valence-corrected chi connectivity index (χ2v) is 16.8. The molecule has 1 aliphatic rings. The van der Waals surface area contributed by atoms with Gasteiger partial charge in [-0.2, -0.15) is 18.2 Å². The molecule has 0 spiro atoms. The number of nitrogens with zero attached hydrogens (tertiary/aromatic N) is 5. The average molecular weight is 767 g/mol. The van der Waals surface area contributed by atoms with Crippen molar-refractivity contribution in [2.75, 3.05) is 29.6 Å². The first-order valence-electron chi connectivity index (χ1n) is 16.7. The van der Waals surface area contributed by atoms with Gasteiger partial charge in [0.25, 0.3) is 0 Å². The van der Waals surface area contributed by atoms with Crippen LogP contribution in [0, 0.1) is 0 Å². The molecule has 288 valence electrons. The molecule has 1 fully saturated rings. The number of rotatable bonds is 8. The van der Waals surface area contributed by atoms with Gasteiger partial charge in [-0.1, -0.05) is 11.2 Å². The first-order chi connectivity index (χ1) is 24.5. The summed E-state index contributed by atoms with van der Waals surface area (Å²) in [7, 11) is -3.53. The molecule has 5 rings (SSSR count). The van der Waals surface area contributed by atoms with Crippen LogP contribution in [-0.2, 0) is 32.4 Å². The van der Waals surface area contributed by atoms with Gasteiger partial charge in [-0.15, -0.1) is 0 Å². The van der Waals surface area contributed by atoms with Gasteiger partial charge in [0.15, 0.2) is 9.84 Å². The van der Waals surface area contributed by atoms with Crippen LogP contribution < -0.4 is 10.2 Å². The number of alkyl halides is 4. The quantitative estimate of drug-likeness (QED) is 0.180. The van der Waals surface area contributed by atoms with E-state index in [4.69, 9.17) is 14.0 Å². The monoisotopic (exact) mass is 766 g/mol. The molecule has 53 heavy (non-hydrogen) atoms. The Morgan fingerprint density at radius 3 is 2.26 bits per heavy atom. The lowest BCUT2D eigenvalue weighted by atomic mass is 10.0. The predicted molar refractivity (Wildman–Crippen MR) is 188 cm³/mol. The van der Waals surface area contributed by atoms with Gasteiger partial charge in [0.2, 0.25) is 11.7 Å². The van der Waals surface area contributed by atoms with E-state index in [0.717, 1.165) is 15.7 Å². The van der Waals surface area contributed by atoms with Crippen molar-refractivity contribution in [1.29, 1.82) is 0 Å². The highest BCUT2D eigenvalue weighted by Gasteiger charge is 2.35. The van der Waals surface area contributed by atoms with Gasteiger partial charge in [0.05, 0.1) is 28.7 Å². The molecule has 2 atom stereocenters. The van der Waals surface area contributed by atoms with Gasteiger partial charge in [0.1, 0.15) is 30.5 Å². The van der Waals surface area contributed by atoms with E-state index in [1.165, 1.54) is 41.3 Å². The average Bonchev–Trinajstić information content (AvgIpc) is 3.63. The molecular weight excluding hydrogens is 724 g/mol. The molecule has 3 heterocycles. The zero-order valence-electron chi connectivity index (χ0n) is 30.3. The maximum atomic E-state index is 15.4. The van der Waals surface area contributed by atoms with Crippen LogP contribution in [0.4, 0.5) is 38.5 Å². The molecule has 2 amide bonds. The van der Waals surface area contributed by atoms with Crippen molar-refractivity contribution < 1.29 is 49.6 Å². The van der Waals surface area contributed by atoms with Gasteiger partial charge in [-0.3, -0.25) is 4.90 Å². The normalized spacial score (nSPS) is 17.2. The van der Waals surface area contributed by atoms with E-state index in [0.29, 0.717) is 11.1 Å². The van der Waals surface area contributed by atoms with Crippen molar-refractivity contribution in [2.24, 2.45) is 0 Å². The number of hydrogen-bond acceptors (Lipinski definition) is 10. The Morgan fingerprint density at radius 2 is 1.68 bits per heavy atom. The van der Waals surface area contributed by atoms with Crippen LogP contribution in [0.3, 0.4) is 0 Å². The number of fused-ring (bicyclic) bond motifs is 1. The highest BCUT2D eigenvalue weighted by molar-refractivity contribution is 7.90. The number of halogens is 4. The molecule has 0 radical (unpaired) electrons. The van der Waals surface area contributed by atoms with E-state index in [1.54, 1.807) is 53.7 Å². The number of carbonyl (C=O) groups excluding carboxylic acids is 2. The Bertz CT molecular complexity index is 2070. The lowest BCUT2D eigenvalue weighted by Crippen LogP contribution is -2.51. The summed E-state index contributed by atoms with van der Waals surface area (Å²) in [5.74, 6) is -0.366. The summed E-state index contributed by atoms with van der Waals surface area (Å²) < 4.78 is 98.7. The van der Waals surface area contributed by atoms with E-state index in [1.807, 2.05) is 0 Å². The first-order valence-corrected chi connectivity index (χ1v) is 18.6. The molecular formula is C35H42F4N6O7S. The van der Waals surface area contributed by atoms with Gasteiger partial charge < -0.3 is 28.8 Å². The summed E-state index contributed by atoms with van der Waals surface area (Å²) in [5, 5.41) is 7.40. The molecule has 2 aromatic carbocycles. The molecule has 0 unspecified atom stereocenters. The van der Waals surface area contributed by atoms with Crippen molar-refractivity contribution in [1.82, 2.24) is 19.6 Å². The Balaban J connectivity index is 1.45. The minimum Gasteiger partial charge on any atom is -0.444 e. The third-order valence-electron chi connectivity index (χ3n) is 8.00. The number of ether oxygens (including phenoxy) is 2. The Hall–Kier alpha value is -4.87. The van der Waals surface area contributed by atoms with Crippen LogP contribution in [0.5, 0.6) is 0 Å². The zero-order valence-corrected chi connectivity index (χ0v) is 31.1. The molecule has 0 bridgehead atoms. The summed E-state index contributed by atoms with van der Waals surface area (Å²) in [5.41, 5.74) is -0.962. The second-order valence-electron chi connectivity index (χ2n) is 14.8. The SMILES string of the molecule is CC(C)(C)OC(=O)N1CC[C@@H](Nc2cccc3c2cc(-c2noc(CN(C(=O)OC(C)(C)C)c4ccc(S(C)(=O)=O)cc4)n2)n3CC(F)(F)F)[C@@H](F)C1. The Morgan fingerprint density at radius 1 is 1.02 bits per heavy atom. The molecule has 0 saturated carbocycles. The van der Waals surface area contributed by atoms with Gasteiger partial charge in [0, 0.05) is 29.6 Å². The molecule has 1 N–H and O–H groups in total. The lowest BCUT2D eigenvalue weighted by Gasteiger charge is -2.36. The number of piperidine rings is 1. The number of sulfone groups is 1. The molecule has 1 saturated heterocycles.